The Kier molecular flexibility index (Phi) is 4.55. The number of pyridine rings is 1. The van der Waals surface area contributed by atoms with Gasteiger partial charge in [-0.2, -0.15) is 5.10 Å². The molecule has 1 amide bonds. The van der Waals surface area contributed by atoms with E-state index >= 15 is 0 Å². The van der Waals surface area contributed by atoms with E-state index < -0.39 is 0 Å². The molecule has 0 saturated carbocycles. The number of aromatic nitrogens is 4. The number of hydrogen-bond acceptors (Lipinski definition) is 4. The maximum absolute atomic E-state index is 13.1. The third kappa shape index (κ3) is 3.13. The average Bonchev–Trinajstić information content (AvgIpc) is 3.02. The van der Waals surface area contributed by atoms with E-state index in [9.17, 15) is 4.79 Å². The summed E-state index contributed by atoms with van der Waals surface area (Å²) in [4.78, 5) is 23.5. The summed E-state index contributed by atoms with van der Waals surface area (Å²) in [5.74, 6) is -0.0560. The van der Waals surface area contributed by atoms with Crippen LogP contribution in [0.25, 0.3) is 5.65 Å². The largest absolute Gasteiger partial charge is 0.331 e. The van der Waals surface area contributed by atoms with Crippen molar-refractivity contribution in [2.24, 2.45) is 0 Å². The van der Waals surface area contributed by atoms with Crippen molar-refractivity contribution < 1.29 is 4.79 Å². The zero-order valence-electron chi connectivity index (χ0n) is 14.2. The number of hydrogen-bond donors (Lipinski definition) is 0. The van der Waals surface area contributed by atoms with Crippen LogP contribution in [0.15, 0.2) is 43.1 Å². The number of fused-ring (bicyclic) bond motifs is 1. The van der Waals surface area contributed by atoms with Crippen molar-refractivity contribution in [3.8, 4) is 0 Å². The molecule has 24 heavy (non-hydrogen) atoms. The number of amides is 1. The van der Waals surface area contributed by atoms with Gasteiger partial charge in [0.05, 0.1) is 6.20 Å². The second-order valence-corrected chi connectivity index (χ2v) is 6.01. The molecule has 0 unspecified atom stereocenters. The number of rotatable bonds is 5. The van der Waals surface area contributed by atoms with Gasteiger partial charge in [-0.15, -0.1) is 0 Å². The lowest BCUT2D eigenvalue weighted by Crippen LogP contribution is -2.37. The van der Waals surface area contributed by atoms with Crippen molar-refractivity contribution >= 4 is 11.6 Å². The Morgan fingerprint density at radius 3 is 2.88 bits per heavy atom. The minimum atomic E-state index is -0.0560. The Morgan fingerprint density at radius 1 is 1.33 bits per heavy atom. The summed E-state index contributed by atoms with van der Waals surface area (Å²) < 4.78 is 1.65. The van der Waals surface area contributed by atoms with E-state index in [0.717, 1.165) is 17.5 Å². The predicted molar refractivity (Wildman–Crippen MR) is 91.6 cm³/mol. The number of aryl methyl sites for hydroxylation is 1. The molecule has 3 aromatic heterocycles. The minimum absolute atomic E-state index is 0.0560. The molecule has 0 aromatic carbocycles. The molecule has 0 spiro atoms. The molecular weight excluding hydrogens is 302 g/mol. The number of carbonyl (C=O) groups excluding carboxylic acids is 1. The van der Waals surface area contributed by atoms with Gasteiger partial charge < -0.3 is 4.90 Å². The summed E-state index contributed by atoms with van der Waals surface area (Å²) >= 11 is 0. The first-order valence-electron chi connectivity index (χ1n) is 8.10. The number of carbonyl (C=O) groups is 1. The highest BCUT2D eigenvalue weighted by Gasteiger charge is 2.24. The lowest BCUT2D eigenvalue weighted by molar-refractivity contribution is 0.0673. The molecule has 3 rings (SSSR count). The van der Waals surface area contributed by atoms with Crippen molar-refractivity contribution in [1.29, 1.82) is 0 Å². The van der Waals surface area contributed by atoms with Crippen LogP contribution >= 0.6 is 0 Å². The van der Waals surface area contributed by atoms with Gasteiger partial charge in [-0.3, -0.25) is 9.78 Å². The molecule has 0 bridgehead atoms. The van der Waals surface area contributed by atoms with Crippen LogP contribution in [-0.2, 0) is 6.54 Å². The van der Waals surface area contributed by atoms with E-state index in [0.29, 0.717) is 17.8 Å². The molecular formula is C18H21N5O. The van der Waals surface area contributed by atoms with Gasteiger partial charge in [0.15, 0.2) is 5.65 Å². The van der Waals surface area contributed by atoms with Crippen LogP contribution in [0.3, 0.4) is 0 Å². The van der Waals surface area contributed by atoms with E-state index in [4.69, 9.17) is 0 Å². The van der Waals surface area contributed by atoms with Crippen LogP contribution in [0, 0.1) is 6.92 Å². The van der Waals surface area contributed by atoms with Gasteiger partial charge in [0, 0.05) is 37.4 Å². The molecule has 0 aliphatic heterocycles. The standard InChI is InChI=1S/C18H21N5O/c1-4-14(3)22(12-15-6-5-7-19-9-15)18(24)16-10-21-23-11-13(2)8-20-17(16)23/h5-11,14H,4,12H2,1-3H3/t14-/m1/s1. The molecule has 0 saturated heterocycles. The molecule has 3 heterocycles. The highest BCUT2D eigenvalue weighted by Crippen LogP contribution is 2.17. The van der Waals surface area contributed by atoms with E-state index in [1.54, 1.807) is 29.3 Å². The molecule has 124 valence electrons. The van der Waals surface area contributed by atoms with E-state index in [-0.39, 0.29) is 11.9 Å². The summed E-state index contributed by atoms with van der Waals surface area (Å²) in [6.07, 6.45) is 9.62. The molecule has 6 nitrogen and oxygen atoms in total. The first kappa shape index (κ1) is 16.1. The molecule has 0 N–H and O–H groups in total. The molecule has 0 radical (unpaired) electrons. The van der Waals surface area contributed by atoms with E-state index in [2.05, 4.69) is 28.9 Å². The second kappa shape index (κ2) is 6.78. The fraction of sp³-hybridized carbons (Fsp3) is 0.333. The Bertz CT molecular complexity index is 843. The zero-order chi connectivity index (χ0) is 17.1. The molecule has 6 heteroatoms. The van der Waals surface area contributed by atoms with Gasteiger partial charge in [-0.05, 0) is 37.5 Å². The smallest absolute Gasteiger partial charge is 0.259 e. The third-order valence-corrected chi connectivity index (χ3v) is 4.18. The van der Waals surface area contributed by atoms with E-state index in [1.165, 1.54) is 0 Å². The van der Waals surface area contributed by atoms with Crippen molar-refractivity contribution in [2.75, 3.05) is 0 Å². The first-order valence-corrected chi connectivity index (χ1v) is 8.10. The van der Waals surface area contributed by atoms with Crippen molar-refractivity contribution in [3.05, 3.63) is 59.8 Å². The van der Waals surface area contributed by atoms with Crippen LogP contribution in [0.4, 0.5) is 0 Å². The highest BCUT2D eigenvalue weighted by atomic mass is 16.2. The minimum Gasteiger partial charge on any atom is -0.331 e. The zero-order valence-corrected chi connectivity index (χ0v) is 14.2. The quantitative estimate of drug-likeness (QED) is 0.724. The Balaban J connectivity index is 1.95. The lowest BCUT2D eigenvalue weighted by Gasteiger charge is -2.28. The highest BCUT2D eigenvalue weighted by molar-refractivity contribution is 5.99. The van der Waals surface area contributed by atoms with Crippen LogP contribution in [0.1, 0.15) is 41.8 Å². The van der Waals surface area contributed by atoms with Crippen molar-refractivity contribution in [3.63, 3.8) is 0 Å². The molecule has 1 atom stereocenters. The van der Waals surface area contributed by atoms with Crippen molar-refractivity contribution in [1.82, 2.24) is 24.5 Å². The summed E-state index contributed by atoms with van der Waals surface area (Å²) in [6, 6.07) is 3.97. The first-order chi connectivity index (χ1) is 11.6. The van der Waals surface area contributed by atoms with Crippen LogP contribution in [0.2, 0.25) is 0 Å². The average molecular weight is 323 g/mol. The van der Waals surface area contributed by atoms with Gasteiger partial charge in [-0.1, -0.05) is 13.0 Å². The maximum Gasteiger partial charge on any atom is 0.259 e. The summed E-state index contributed by atoms with van der Waals surface area (Å²) in [6.45, 7) is 6.60. The normalized spacial score (nSPS) is 12.3. The topological polar surface area (TPSA) is 63.4 Å². The molecule has 0 aliphatic rings. The SMILES string of the molecule is CC[C@@H](C)N(Cc1cccnc1)C(=O)c1cnn2cc(C)cnc12. The monoisotopic (exact) mass is 323 g/mol. The van der Waals surface area contributed by atoms with Crippen LogP contribution in [0.5, 0.6) is 0 Å². The second-order valence-electron chi connectivity index (χ2n) is 6.01. The van der Waals surface area contributed by atoms with Gasteiger partial charge in [0.2, 0.25) is 0 Å². The van der Waals surface area contributed by atoms with Crippen LogP contribution in [-0.4, -0.2) is 36.4 Å². The fourth-order valence-electron chi connectivity index (χ4n) is 2.61. The number of nitrogens with zero attached hydrogens (tertiary/aromatic N) is 5. The summed E-state index contributed by atoms with van der Waals surface area (Å²) in [5.41, 5.74) is 3.12. The van der Waals surface area contributed by atoms with E-state index in [1.807, 2.05) is 30.2 Å². The molecule has 3 aromatic rings. The van der Waals surface area contributed by atoms with Crippen LogP contribution < -0.4 is 0 Å². The summed E-state index contributed by atoms with van der Waals surface area (Å²) in [5, 5.41) is 4.27. The predicted octanol–water partition coefficient (Wildman–Crippen LogP) is 2.87. The maximum atomic E-state index is 13.1. The Labute approximate surface area is 141 Å². The summed E-state index contributed by atoms with van der Waals surface area (Å²) in [7, 11) is 0. The molecule has 0 aliphatic carbocycles. The van der Waals surface area contributed by atoms with Gasteiger partial charge >= 0.3 is 0 Å². The van der Waals surface area contributed by atoms with Gasteiger partial charge in [0.25, 0.3) is 5.91 Å². The Hall–Kier alpha value is -2.76. The lowest BCUT2D eigenvalue weighted by atomic mass is 10.1. The fourth-order valence-corrected chi connectivity index (χ4v) is 2.61. The third-order valence-electron chi connectivity index (χ3n) is 4.18. The van der Waals surface area contributed by atoms with Gasteiger partial charge in [0.1, 0.15) is 5.56 Å². The molecule has 0 fully saturated rings. The van der Waals surface area contributed by atoms with Crippen molar-refractivity contribution in [2.45, 2.75) is 39.8 Å². The Morgan fingerprint density at radius 2 is 2.17 bits per heavy atom. The van der Waals surface area contributed by atoms with Gasteiger partial charge in [-0.25, -0.2) is 9.50 Å².